The van der Waals surface area contributed by atoms with Gasteiger partial charge in [-0.05, 0) is 82.5 Å². The van der Waals surface area contributed by atoms with Gasteiger partial charge in [-0.3, -0.25) is 9.59 Å². The van der Waals surface area contributed by atoms with Crippen LogP contribution in [0.2, 0.25) is 5.02 Å². The smallest absolute Gasteiger partial charge is 0.271 e. The number of carbonyl (C=O) groups excluding carboxylic acids is 2. The molecule has 2 amide bonds. The highest BCUT2D eigenvalue weighted by molar-refractivity contribution is 9.10. The van der Waals surface area contributed by atoms with Gasteiger partial charge >= 0.3 is 0 Å². The fourth-order valence-corrected chi connectivity index (χ4v) is 3.81. The third-order valence-corrected chi connectivity index (χ3v) is 6.07. The molecule has 0 atom stereocenters. The number of anilines is 1. The van der Waals surface area contributed by atoms with E-state index in [1.165, 1.54) is 13.3 Å². The molecule has 3 rings (SSSR count). The van der Waals surface area contributed by atoms with Gasteiger partial charge in [-0.1, -0.05) is 33.6 Å². The number of hydrogen-bond acceptors (Lipinski definition) is 5. The molecule has 0 aromatic heterocycles. The van der Waals surface area contributed by atoms with Gasteiger partial charge in [0, 0.05) is 20.7 Å². The van der Waals surface area contributed by atoms with Crippen molar-refractivity contribution in [3.05, 3.63) is 85.3 Å². The summed E-state index contributed by atoms with van der Waals surface area (Å²) in [6.45, 7) is 1.64. The number of hydrazone groups is 1. The molecule has 0 aliphatic carbocycles. The summed E-state index contributed by atoms with van der Waals surface area (Å²) >= 11 is 12.9. The van der Waals surface area contributed by atoms with Crippen molar-refractivity contribution >= 4 is 67.2 Å². The summed E-state index contributed by atoms with van der Waals surface area (Å²) < 4.78 is 12.5. The zero-order valence-corrected chi connectivity index (χ0v) is 22.1. The predicted molar refractivity (Wildman–Crippen MR) is 140 cm³/mol. The predicted octanol–water partition coefficient (Wildman–Crippen LogP) is 5.96. The molecule has 0 heterocycles. The Balaban J connectivity index is 1.62. The van der Waals surface area contributed by atoms with Crippen LogP contribution in [-0.4, -0.2) is 31.7 Å². The molecule has 0 unspecified atom stereocenters. The normalized spacial score (nSPS) is 10.7. The van der Waals surface area contributed by atoms with Gasteiger partial charge in [-0.15, -0.1) is 0 Å². The maximum atomic E-state index is 12.3. The van der Waals surface area contributed by atoms with Crippen molar-refractivity contribution in [2.45, 2.75) is 6.92 Å². The van der Waals surface area contributed by atoms with E-state index in [1.54, 1.807) is 48.5 Å². The lowest BCUT2D eigenvalue weighted by molar-refractivity contribution is -0.118. The summed E-state index contributed by atoms with van der Waals surface area (Å²) in [4.78, 5) is 24.5. The Morgan fingerprint density at radius 1 is 1.09 bits per heavy atom. The van der Waals surface area contributed by atoms with Crippen LogP contribution in [0.4, 0.5) is 5.69 Å². The number of nitrogens with zero attached hydrogens (tertiary/aromatic N) is 1. The Morgan fingerprint density at radius 2 is 1.82 bits per heavy atom. The van der Waals surface area contributed by atoms with Gasteiger partial charge in [-0.2, -0.15) is 5.10 Å². The molecule has 0 fully saturated rings. The van der Waals surface area contributed by atoms with Crippen LogP contribution in [0.1, 0.15) is 21.5 Å². The molecule has 0 saturated heterocycles. The third-order valence-electron chi connectivity index (χ3n) is 4.54. The summed E-state index contributed by atoms with van der Waals surface area (Å²) in [7, 11) is 1.49. The summed E-state index contributed by atoms with van der Waals surface area (Å²) in [6.07, 6.45) is 1.47. The first-order chi connectivity index (χ1) is 16.3. The zero-order valence-electron chi connectivity index (χ0n) is 18.2. The number of amides is 2. The molecular formula is C24H20Br2ClN3O4. The SMILES string of the molecule is COc1cc(/C=N/NC(=O)c2ccc(Br)cc2)cc(Br)c1OCC(=O)Nc1ccc(C)c(Cl)c1. The second kappa shape index (κ2) is 12.0. The number of benzene rings is 3. The van der Waals surface area contributed by atoms with Crippen molar-refractivity contribution in [1.82, 2.24) is 5.43 Å². The van der Waals surface area contributed by atoms with E-state index in [-0.39, 0.29) is 18.4 Å². The Kier molecular flexibility index (Phi) is 9.09. The van der Waals surface area contributed by atoms with E-state index in [9.17, 15) is 9.59 Å². The molecule has 2 N–H and O–H groups in total. The van der Waals surface area contributed by atoms with Gasteiger partial charge in [0.15, 0.2) is 18.1 Å². The molecular weight excluding hydrogens is 590 g/mol. The van der Waals surface area contributed by atoms with Gasteiger partial charge in [0.2, 0.25) is 0 Å². The van der Waals surface area contributed by atoms with Crippen molar-refractivity contribution in [3.8, 4) is 11.5 Å². The number of hydrogen-bond donors (Lipinski definition) is 2. The van der Waals surface area contributed by atoms with Crippen molar-refractivity contribution in [1.29, 1.82) is 0 Å². The maximum Gasteiger partial charge on any atom is 0.271 e. The molecule has 0 spiro atoms. The zero-order chi connectivity index (χ0) is 24.7. The monoisotopic (exact) mass is 607 g/mol. The van der Waals surface area contributed by atoms with Crippen LogP contribution in [0.25, 0.3) is 0 Å². The minimum atomic E-state index is -0.352. The van der Waals surface area contributed by atoms with E-state index in [0.29, 0.717) is 37.8 Å². The molecule has 0 radical (unpaired) electrons. The van der Waals surface area contributed by atoms with Gasteiger partial charge in [-0.25, -0.2) is 5.43 Å². The highest BCUT2D eigenvalue weighted by atomic mass is 79.9. The second-order valence-electron chi connectivity index (χ2n) is 7.04. The number of halogens is 3. The van der Waals surface area contributed by atoms with Gasteiger partial charge in [0.1, 0.15) is 0 Å². The van der Waals surface area contributed by atoms with E-state index in [4.69, 9.17) is 21.1 Å². The fraction of sp³-hybridized carbons (Fsp3) is 0.125. The lowest BCUT2D eigenvalue weighted by Gasteiger charge is -2.13. The van der Waals surface area contributed by atoms with Crippen LogP contribution in [-0.2, 0) is 4.79 Å². The first-order valence-corrected chi connectivity index (χ1v) is 11.9. The van der Waals surface area contributed by atoms with Crippen LogP contribution in [0.5, 0.6) is 11.5 Å². The topological polar surface area (TPSA) is 89.0 Å². The van der Waals surface area contributed by atoms with Crippen LogP contribution in [0.3, 0.4) is 0 Å². The highest BCUT2D eigenvalue weighted by Crippen LogP contribution is 2.36. The minimum absolute atomic E-state index is 0.239. The molecule has 3 aromatic carbocycles. The average Bonchev–Trinajstić information content (AvgIpc) is 2.80. The van der Waals surface area contributed by atoms with E-state index in [1.807, 2.05) is 13.0 Å². The van der Waals surface area contributed by atoms with Gasteiger partial charge in [0.05, 0.1) is 17.8 Å². The minimum Gasteiger partial charge on any atom is -0.493 e. The number of nitrogens with one attached hydrogen (secondary N) is 2. The molecule has 3 aromatic rings. The standard InChI is InChI=1S/C24H20Br2ClN3O4/c1-14-3-8-18(11-20(14)27)29-22(31)13-34-23-19(26)9-15(10-21(23)33-2)12-28-30-24(32)16-4-6-17(25)7-5-16/h3-12H,13H2,1-2H3,(H,29,31)(H,30,32)/b28-12+. The Bertz CT molecular complexity index is 1230. The second-order valence-corrected chi connectivity index (χ2v) is 9.22. The highest BCUT2D eigenvalue weighted by Gasteiger charge is 2.14. The van der Waals surface area contributed by atoms with E-state index >= 15 is 0 Å². The molecule has 176 valence electrons. The van der Waals surface area contributed by atoms with Gasteiger partial charge in [0.25, 0.3) is 11.8 Å². The third kappa shape index (κ3) is 7.06. The van der Waals surface area contributed by atoms with Crippen LogP contribution in [0, 0.1) is 6.92 Å². The Labute approximate surface area is 218 Å². The van der Waals surface area contributed by atoms with Crippen molar-refractivity contribution in [2.24, 2.45) is 5.10 Å². The number of ether oxygens (including phenoxy) is 2. The largest absolute Gasteiger partial charge is 0.493 e. The molecule has 10 heteroatoms. The first kappa shape index (κ1) is 25.7. The van der Waals surface area contributed by atoms with Crippen LogP contribution >= 0.6 is 43.5 Å². The van der Waals surface area contributed by atoms with Crippen molar-refractivity contribution in [2.75, 3.05) is 19.0 Å². The van der Waals surface area contributed by atoms with E-state index in [0.717, 1.165) is 10.0 Å². The van der Waals surface area contributed by atoms with Crippen molar-refractivity contribution < 1.29 is 19.1 Å². The molecule has 34 heavy (non-hydrogen) atoms. The van der Waals surface area contributed by atoms with Crippen LogP contribution < -0.4 is 20.2 Å². The first-order valence-electron chi connectivity index (χ1n) is 9.92. The number of methoxy groups -OCH3 is 1. The van der Waals surface area contributed by atoms with E-state index in [2.05, 4.69) is 47.7 Å². The molecule has 0 aliphatic heterocycles. The lowest BCUT2D eigenvalue weighted by Crippen LogP contribution is -2.20. The summed E-state index contributed by atoms with van der Waals surface area (Å²) in [5, 5.41) is 7.29. The summed E-state index contributed by atoms with van der Waals surface area (Å²) in [5.74, 6) is 0.0580. The number of rotatable bonds is 8. The summed E-state index contributed by atoms with van der Waals surface area (Å²) in [6, 6.07) is 15.6. The maximum absolute atomic E-state index is 12.3. The molecule has 0 aliphatic rings. The number of aryl methyl sites for hydroxylation is 1. The Morgan fingerprint density at radius 3 is 2.50 bits per heavy atom. The summed E-state index contributed by atoms with van der Waals surface area (Å²) in [5.41, 5.74) is 5.09. The Hall–Kier alpha value is -2.88. The number of carbonyl (C=O) groups is 2. The average molecular weight is 610 g/mol. The van der Waals surface area contributed by atoms with Gasteiger partial charge < -0.3 is 14.8 Å². The van der Waals surface area contributed by atoms with Crippen LogP contribution in [0.15, 0.2) is 68.6 Å². The molecule has 0 bridgehead atoms. The molecule has 7 nitrogen and oxygen atoms in total. The molecule has 0 saturated carbocycles. The fourth-order valence-electron chi connectivity index (χ4n) is 2.79. The van der Waals surface area contributed by atoms with Crippen molar-refractivity contribution in [3.63, 3.8) is 0 Å². The quantitative estimate of drug-likeness (QED) is 0.244. The van der Waals surface area contributed by atoms with E-state index < -0.39 is 0 Å². The lowest BCUT2D eigenvalue weighted by atomic mass is 10.2.